The number of ketones is 1. The lowest BCUT2D eigenvalue weighted by Crippen LogP contribution is -2.53. The van der Waals surface area contributed by atoms with Gasteiger partial charge in [-0.05, 0) is 6.92 Å². The minimum Gasteiger partial charge on any atom is -0.379 e. The second-order valence-corrected chi connectivity index (χ2v) is 4.29. The molecule has 0 aliphatic carbocycles. The molecule has 16 heavy (non-hydrogen) atoms. The van der Waals surface area contributed by atoms with E-state index in [9.17, 15) is 4.79 Å². The lowest BCUT2D eigenvalue weighted by molar-refractivity contribution is -0.138. The van der Waals surface area contributed by atoms with Crippen molar-refractivity contribution in [2.45, 2.75) is 19.1 Å². The van der Waals surface area contributed by atoms with Crippen LogP contribution in [0.25, 0.3) is 0 Å². The van der Waals surface area contributed by atoms with E-state index in [1.54, 1.807) is 0 Å². The zero-order valence-corrected chi connectivity index (χ0v) is 9.78. The SMILES string of the molecule is CC(C(=O)C1CNCCO1)N1CCOCC1. The predicted molar refractivity (Wildman–Crippen MR) is 59.5 cm³/mol. The monoisotopic (exact) mass is 228 g/mol. The highest BCUT2D eigenvalue weighted by molar-refractivity contribution is 5.88. The molecule has 2 saturated heterocycles. The number of rotatable bonds is 3. The molecule has 0 saturated carbocycles. The lowest BCUT2D eigenvalue weighted by Gasteiger charge is -2.34. The van der Waals surface area contributed by atoms with E-state index in [0.29, 0.717) is 13.2 Å². The van der Waals surface area contributed by atoms with Gasteiger partial charge < -0.3 is 14.8 Å². The van der Waals surface area contributed by atoms with E-state index < -0.39 is 0 Å². The average Bonchev–Trinajstić information content (AvgIpc) is 2.39. The van der Waals surface area contributed by atoms with Gasteiger partial charge in [-0.1, -0.05) is 0 Å². The number of hydrogen-bond acceptors (Lipinski definition) is 5. The second-order valence-electron chi connectivity index (χ2n) is 4.29. The Hall–Kier alpha value is -0.490. The van der Waals surface area contributed by atoms with E-state index >= 15 is 0 Å². The van der Waals surface area contributed by atoms with Gasteiger partial charge in [0.1, 0.15) is 6.10 Å². The van der Waals surface area contributed by atoms with Gasteiger partial charge >= 0.3 is 0 Å². The number of carbonyl (C=O) groups is 1. The van der Waals surface area contributed by atoms with Crippen molar-refractivity contribution in [1.82, 2.24) is 10.2 Å². The molecule has 2 aliphatic rings. The summed E-state index contributed by atoms with van der Waals surface area (Å²) in [6.45, 7) is 7.21. The fourth-order valence-electron chi connectivity index (χ4n) is 2.16. The molecule has 0 aromatic rings. The molecule has 0 spiro atoms. The standard InChI is InChI=1S/C11H20N2O3/c1-9(13-3-6-15-7-4-13)11(14)10-8-12-2-5-16-10/h9-10,12H,2-8H2,1H3. The lowest BCUT2D eigenvalue weighted by atomic mass is 10.1. The highest BCUT2D eigenvalue weighted by atomic mass is 16.5. The molecule has 2 fully saturated rings. The number of hydrogen-bond donors (Lipinski definition) is 1. The largest absolute Gasteiger partial charge is 0.379 e. The van der Waals surface area contributed by atoms with Crippen LogP contribution < -0.4 is 5.32 Å². The smallest absolute Gasteiger partial charge is 0.179 e. The van der Waals surface area contributed by atoms with Crippen molar-refractivity contribution in [2.24, 2.45) is 0 Å². The van der Waals surface area contributed by atoms with Crippen LogP contribution in [0.5, 0.6) is 0 Å². The first-order chi connectivity index (χ1) is 7.79. The maximum absolute atomic E-state index is 12.1. The molecule has 2 unspecified atom stereocenters. The summed E-state index contributed by atoms with van der Waals surface area (Å²) in [6, 6.07) is -0.0613. The van der Waals surface area contributed by atoms with Crippen molar-refractivity contribution in [3.05, 3.63) is 0 Å². The Balaban J connectivity index is 1.86. The highest BCUT2D eigenvalue weighted by Crippen LogP contribution is 2.09. The summed E-state index contributed by atoms with van der Waals surface area (Å²) in [7, 11) is 0. The third-order valence-electron chi connectivity index (χ3n) is 3.25. The molecule has 5 nitrogen and oxygen atoms in total. The Bertz CT molecular complexity index is 235. The van der Waals surface area contributed by atoms with E-state index in [0.717, 1.165) is 32.8 Å². The fourth-order valence-corrected chi connectivity index (χ4v) is 2.16. The molecule has 0 amide bonds. The van der Waals surface area contributed by atoms with Crippen LogP contribution in [-0.4, -0.2) is 68.8 Å². The van der Waals surface area contributed by atoms with E-state index in [-0.39, 0.29) is 17.9 Å². The van der Waals surface area contributed by atoms with Crippen molar-refractivity contribution >= 4 is 5.78 Å². The van der Waals surface area contributed by atoms with Crippen molar-refractivity contribution in [2.75, 3.05) is 46.0 Å². The molecule has 5 heteroatoms. The topological polar surface area (TPSA) is 50.8 Å². The van der Waals surface area contributed by atoms with Gasteiger partial charge in [0.2, 0.25) is 0 Å². The fraction of sp³-hybridized carbons (Fsp3) is 0.909. The summed E-state index contributed by atoms with van der Waals surface area (Å²) in [6.07, 6.45) is -0.272. The van der Waals surface area contributed by atoms with Crippen LogP contribution in [0.4, 0.5) is 0 Å². The van der Waals surface area contributed by atoms with Gasteiger partial charge in [0.15, 0.2) is 5.78 Å². The quantitative estimate of drug-likeness (QED) is 0.690. The first kappa shape index (κ1) is 12.0. The summed E-state index contributed by atoms with van der Waals surface area (Å²) < 4.78 is 10.8. The minimum absolute atomic E-state index is 0.0613. The molecule has 1 N–H and O–H groups in total. The summed E-state index contributed by atoms with van der Waals surface area (Å²) in [5.41, 5.74) is 0. The number of nitrogens with zero attached hydrogens (tertiary/aromatic N) is 1. The van der Waals surface area contributed by atoms with Gasteiger partial charge in [-0.3, -0.25) is 9.69 Å². The van der Waals surface area contributed by atoms with E-state index in [2.05, 4.69) is 10.2 Å². The summed E-state index contributed by atoms with van der Waals surface area (Å²) >= 11 is 0. The highest BCUT2D eigenvalue weighted by Gasteiger charge is 2.30. The number of carbonyl (C=O) groups excluding carboxylic acids is 1. The van der Waals surface area contributed by atoms with Crippen LogP contribution in [0, 0.1) is 0 Å². The van der Waals surface area contributed by atoms with Crippen LogP contribution in [-0.2, 0) is 14.3 Å². The summed E-state index contributed by atoms with van der Waals surface area (Å²) in [5.74, 6) is 0.189. The molecule has 0 aromatic carbocycles. The maximum atomic E-state index is 12.1. The van der Waals surface area contributed by atoms with Crippen LogP contribution in [0.1, 0.15) is 6.92 Å². The molecule has 2 atom stereocenters. The zero-order valence-electron chi connectivity index (χ0n) is 9.78. The molecule has 0 radical (unpaired) electrons. The first-order valence-corrected chi connectivity index (χ1v) is 5.97. The van der Waals surface area contributed by atoms with Crippen molar-refractivity contribution in [3.63, 3.8) is 0 Å². The summed E-state index contributed by atoms with van der Waals surface area (Å²) in [5, 5.41) is 3.18. The molecule has 0 aromatic heterocycles. The Labute approximate surface area is 96.1 Å². The summed E-state index contributed by atoms with van der Waals surface area (Å²) in [4.78, 5) is 14.3. The molecule has 2 rings (SSSR count). The minimum atomic E-state index is -0.272. The third-order valence-corrected chi connectivity index (χ3v) is 3.25. The number of morpholine rings is 2. The molecule has 92 valence electrons. The third kappa shape index (κ3) is 2.79. The Morgan fingerprint density at radius 1 is 1.38 bits per heavy atom. The van der Waals surface area contributed by atoms with Gasteiger partial charge in [0, 0.05) is 26.2 Å². The Kier molecular flexibility index (Phi) is 4.29. The van der Waals surface area contributed by atoms with E-state index in [1.165, 1.54) is 0 Å². The number of ether oxygens (including phenoxy) is 2. The average molecular weight is 228 g/mol. The van der Waals surface area contributed by atoms with Gasteiger partial charge in [-0.25, -0.2) is 0 Å². The molecule has 2 heterocycles. The molecular formula is C11H20N2O3. The second kappa shape index (κ2) is 5.72. The van der Waals surface area contributed by atoms with E-state index in [1.807, 2.05) is 6.92 Å². The van der Waals surface area contributed by atoms with E-state index in [4.69, 9.17) is 9.47 Å². The molecular weight excluding hydrogens is 208 g/mol. The Morgan fingerprint density at radius 3 is 2.75 bits per heavy atom. The van der Waals surface area contributed by atoms with Crippen molar-refractivity contribution in [3.8, 4) is 0 Å². The van der Waals surface area contributed by atoms with Crippen LogP contribution >= 0.6 is 0 Å². The molecule has 0 bridgehead atoms. The predicted octanol–water partition coefficient (Wildman–Crippen LogP) is -0.735. The van der Waals surface area contributed by atoms with Crippen LogP contribution in [0.2, 0.25) is 0 Å². The van der Waals surface area contributed by atoms with Gasteiger partial charge in [0.05, 0.1) is 25.9 Å². The number of Topliss-reactive ketones (excluding diaryl/α,β-unsaturated/α-hetero) is 1. The molecule has 2 aliphatic heterocycles. The number of nitrogens with one attached hydrogen (secondary N) is 1. The van der Waals surface area contributed by atoms with Crippen LogP contribution in [0.3, 0.4) is 0 Å². The van der Waals surface area contributed by atoms with Gasteiger partial charge in [0.25, 0.3) is 0 Å². The normalized spacial score (nSPS) is 29.9. The van der Waals surface area contributed by atoms with Gasteiger partial charge in [-0.15, -0.1) is 0 Å². The maximum Gasteiger partial charge on any atom is 0.179 e. The van der Waals surface area contributed by atoms with Crippen LogP contribution in [0.15, 0.2) is 0 Å². The first-order valence-electron chi connectivity index (χ1n) is 5.97. The zero-order chi connectivity index (χ0) is 11.4. The Morgan fingerprint density at radius 2 is 2.12 bits per heavy atom. The van der Waals surface area contributed by atoms with Crippen molar-refractivity contribution in [1.29, 1.82) is 0 Å². The van der Waals surface area contributed by atoms with Gasteiger partial charge in [-0.2, -0.15) is 0 Å². The van der Waals surface area contributed by atoms with Crippen molar-refractivity contribution < 1.29 is 14.3 Å².